The van der Waals surface area contributed by atoms with Gasteiger partial charge in [0.2, 0.25) is 5.95 Å². The molecule has 3 N–H and O–H groups in total. The molecule has 0 spiro atoms. The van der Waals surface area contributed by atoms with Gasteiger partial charge in [-0.25, -0.2) is 4.98 Å². The van der Waals surface area contributed by atoms with Crippen LogP contribution in [0.5, 0.6) is 0 Å². The molecule has 0 radical (unpaired) electrons. The van der Waals surface area contributed by atoms with Crippen molar-refractivity contribution < 1.29 is 5.11 Å². The molecular formula is C21H33N7O. The van der Waals surface area contributed by atoms with Crippen molar-refractivity contribution in [2.24, 2.45) is 5.92 Å². The lowest BCUT2D eigenvalue weighted by Gasteiger charge is -2.32. The molecule has 0 unspecified atom stereocenters. The number of pyridine rings is 1. The molecule has 0 amide bonds. The van der Waals surface area contributed by atoms with Crippen molar-refractivity contribution in [3.63, 3.8) is 0 Å². The van der Waals surface area contributed by atoms with E-state index in [4.69, 9.17) is 0 Å². The number of rotatable bonds is 9. The first-order valence-corrected chi connectivity index (χ1v) is 10.4. The number of aliphatic hydroxyl groups excluding tert-OH is 1. The normalized spacial score (nSPS) is 16.7. The summed E-state index contributed by atoms with van der Waals surface area (Å²) in [6, 6.07) is 5.74. The molecule has 2 aromatic heterocycles. The summed E-state index contributed by atoms with van der Waals surface area (Å²) in [4.78, 5) is 18.3. The van der Waals surface area contributed by atoms with Crippen molar-refractivity contribution >= 4 is 11.8 Å². The molecule has 1 fully saturated rings. The maximum atomic E-state index is 9.67. The van der Waals surface area contributed by atoms with Crippen LogP contribution in [-0.2, 0) is 0 Å². The second-order valence-corrected chi connectivity index (χ2v) is 7.95. The van der Waals surface area contributed by atoms with Gasteiger partial charge in [0, 0.05) is 63.3 Å². The van der Waals surface area contributed by atoms with Gasteiger partial charge in [0.1, 0.15) is 5.82 Å². The Kier molecular flexibility index (Phi) is 7.74. The van der Waals surface area contributed by atoms with E-state index in [2.05, 4.69) is 56.3 Å². The molecule has 0 aliphatic carbocycles. The highest BCUT2D eigenvalue weighted by atomic mass is 16.3. The number of anilines is 2. The maximum absolute atomic E-state index is 9.67. The third-order valence-electron chi connectivity index (χ3n) is 5.33. The Hall–Kier alpha value is -2.29. The number of nitrogens with zero attached hydrogens (tertiary/aromatic N) is 5. The average molecular weight is 400 g/mol. The van der Waals surface area contributed by atoms with E-state index in [1.54, 1.807) is 12.4 Å². The molecule has 1 aliphatic heterocycles. The molecule has 2 aromatic rings. The van der Waals surface area contributed by atoms with Crippen molar-refractivity contribution in [3.8, 4) is 11.3 Å². The SMILES string of the molecule is CC(C)[C@H](CO)Nc1nc(NCCN2CCN(C)CC2)cc(-c2cccnc2)n1. The summed E-state index contributed by atoms with van der Waals surface area (Å²) in [5.74, 6) is 1.55. The first-order chi connectivity index (χ1) is 14.0. The molecule has 0 saturated carbocycles. The van der Waals surface area contributed by atoms with Gasteiger partial charge in [-0.3, -0.25) is 9.88 Å². The minimum absolute atomic E-state index is 0.0321. The molecule has 1 saturated heterocycles. The Bertz CT molecular complexity index is 748. The molecule has 8 heteroatoms. The van der Waals surface area contributed by atoms with E-state index >= 15 is 0 Å². The standard InChI is InChI=1S/C21H33N7O/c1-16(2)19(15-29)25-21-24-18(17-5-4-6-22-14-17)13-20(26-21)23-7-8-28-11-9-27(3)10-12-28/h4-6,13-14,16,19,29H,7-12,15H2,1-3H3,(H2,23,24,25,26)/t19-/m0/s1. The monoisotopic (exact) mass is 399 g/mol. The number of hydrogen-bond acceptors (Lipinski definition) is 8. The summed E-state index contributed by atoms with van der Waals surface area (Å²) in [5, 5.41) is 16.4. The smallest absolute Gasteiger partial charge is 0.225 e. The minimum atomic E-state index is -0.0997. The lowest BCUT2D eigenvalue weighted by Crippen LogP contribution is -2.45. The van der Waals surface area contributed by atoms with Gasteiger partial charge < -0.3 is 20.6 Å². The summed E-state index contributed by atoms with van der Waals surface area (Å²) < 4.78 is 0. The zero-order valence-corrected chi connectivity index (χ0v) is 17.7. The van der Waals surface area contributed by atoms with E-state index in [1.165, 1.54) is 0 Å². The van der Waals surface area contributed by atoms with Gasteiger partial charge in [-0.15, -0.1) is 0 Å². The molecule has 1 atom stereocenters. The van der Waals surface area contributed by atoms with E-state index in [0.717, 1.165) is 56.3 Å². The van der Waals surface area contributed by atoms with Crippen LogP contribution in [0.25, 0.3) is 11.3 Å². The van der Waals surface area contributed by atoms with Crippen LogP contribution in [0.3, 0.4) is 0 Å². The fourth-order valence-electron chi connectivity index (χ4n) is 3.27. The number of piperazine rings is 1. The van der Waals surface area contributed by atoms with Gasteiger partial charge >= 0.3 is 0 Å². The topological polar surface area (TPSA) is 89.4 Å². The van der Waals surface area contributed by atoms with Crippen molar-refractivity contribution in [3.05, 3.63) is 30.6 Å². The molecule has 1 aliphatic rings. The van der Waals surface area contributed by atoms with Crippen LogP contribution in [0, 0.1) is 5.92 Å². The summed E-state index contributed by atoms with van der Waals surface area (Å²) in [6.45, 7) is 10.4. The second-order valence-electron chi connectivity index (χ2n) is 7.95. The number of aliphatic hydroxyl groups is 1. The first-order valence-electron chi connectivity index (χ1n) is 10.4. The summed E-state index contributed by atoms with van der Waals surface area (Å²) in [5.41, 5.74) is 1.74. The lowest BCUT2D eigenvalue weighted by molar-refractivity contribution is 0.158. The highest BCUT2D eigenvalue weighted by Gasteiger charge is 2.16. The van der Waals surface area contributed by atoms with Gasteiger partial charge in [-0.05, 0) is 25.1 Å². The van der Waals surface area contributed by atoms with Gasteiger partial charge in [0.15, 0.2) is 0 Å². The quantitative estimate of drug-likeness (QED) is 0.586. The third-order valence-corrected chi connectivity index (χ3v) is 5.33. The van der Waals surface area contributed by atoms with Crippen LogP contribution >= 0.6 is 0 Å². The van der Waals surface area contributed by atoms with Gasteiger partial charge in [-0.1, -0.05) is 13.8 Å². The number of aromatic nitrogens is 3. The van der Waals surface area contributed by atoms with Crippen LogP contribution in [0.4, 0.5) is 11.8 Å². The van der Waals surface area contributed by atoms with Crippen molar-refractivity contribution in [2.75, 3.05) is 63.6 Å². The highest BCUT2D eigenvalue weighted by Crippen LogP contribution is 2.21. The predicted molar refractivity (Wildman–Crippen MR) is 117 cm³/mol. The predicted octanol–water partition coefficient (Wildman–Crippen LogP) is 1.63. The van der Waals surface area contributed by atoms with E-state index in [-0.39, 0.29) is 18.6 Å². The lowest BCUT2D eigenvalue weighted by atomic mass is 10.1. The molecule has 3 heterocycles. The molecule has 3 rings (SSSR count). The minimum Gasteiger partial charge on any atom is -0.394 e. The van der Waals surface area contributed by atoms with E-state index in [0.29, 0.717) is 5.95 Å². The molecule has 0 bridgehead atoms. The average Bonchev–Trinajstić information content (AvgIpc) is 2.74. The highest BCUT2D eigenvalue weighted by molar-refractivity contribution is 5.63. The molecular weight excluding hydrogens is 366 g/mol. The van der Waals surface area contributed by atoms with Crippen molar-refractivity contribution in [1.29, 1.82) is 0 Å². The Morgan fingerprint density at radius 1 is 1.17 bits per heavy atom. The Balaban J connectivity index is 1.71. The van der Waals surface area contributed by atoms with E-state index in [9.17, 15) is 5.11 Å². The van der Waals surface area contributed by atoms with Crippen molar-refractivity contribution in [1.82, 2.24) is 24.8 Å². The number of likely N-dealkylation sites (N-methyl/N-ethyl adjacent to an activating group) is 1. The number of hydrogen-bond donors (Lipinski definition) is 3. The van der Waals surface area contributed by atoms with Crippen LogP contribution in [-0.4, -0.2) is 88.8 Å². The first kappa shape index (κ1) is 21.4. The van der Waals surface area contributed by atoms with Gasteiger partial charge in [-0.2, -0.15) is 4.98 Å². The fraction of sp³-hybridized carbons (Fsp3) is 0.571. The van der Waals surface area contributed by atoms with Crippen LogP contribution in [0.15, 0.2) is 30.6 Å². The van der Waals surface area contributed by atoms with Crippen LogP contribution in [0.2, 0.25) is 0 Å². The summed E-state index contributed by atoms with van der Waals surface area (Å²) in [6.07, 6.45) is 3.55. The zero-order valence-electron chi connectivity index (χ0n) is 17.7. The molecule has 8 nitrogen and oxygen atoms in total. The fourth-order valence-corrected chi connectivity index (χ4v) is 3.27. The van der Waals surface area contributed by atoms with Crippen LogP contribution < -0.4 is 10.6 Å². The zero-order chi connectivity index (χ0) is 20.6. The van der Waals surface area contributed by atoms with Crippen LogP contribution in [0.1, 0.15) is 13.8 Å². The largest absolute Gasteiger partial charge is 0.394 e. The summed E-state index contributed by atoms with van der Waals surface area (Å²) >= 11 is 0. The Morgan fingerprint density at radius 2 is 1.97 bits per heavy atom. The Labute approximate surface area is 173 Å². The third kappa shape index (κ3) is 6.35. The van der Waals surface area contributed by atoms with Gasteiger partial charge in [0.25, 0.3) is 0 Å². The summed E-state index contributed by atoms with van der Waals surface area (Å²) in [7, 11) is 2.17. The van der Waals surface area contributed by atoms with Gasteiger partial charge in [0.05, 0.1) is 18.3 Å². The maximum Gasteiger partial charge on any atom is 0.225 e. The van der Waals surface area contributed by atoms with Crippen molar-refractivity contribution in [2.45, 2.75) is 19.9 Å². The molecule has 0 aromatic carbocycles. The van der Waals surface area contributed by atoms with E-state index < -0.39 is 0 Å². The Morgan fingerprint density at radius 3 is 2.62 bits per heavy atom. The van der Waals surface area contributed by atoms with E-state index in [1.807, 2.05) is 18.2 Å². The number of nitrogens with one attached hydrogen (secondary N) is 2. The second kappa shape index (κ2) is 10.5. The molecule has 29 heavy (non-hydrogen) atoms. The molecule has 158 valence electrons.